The Balaban J connectivity index is 1.59. The number of carbonyl (C=O) groups is 2. The van der Waals surface area contributed by atoms with Gasteiger partial charge in [-0.3, -0.25) is 9.59 Å². The van der Waals surface area contributed by atoms with Crippen molar-refractivity contribution in [2.75, 3.05) is 0 Å². The molecule has 5 aliphatic rings. The van der Waals surface area contributed by atoms with Crippen LogP contribution < -0.4 is 5.32 Å². The SMILES string of the molecule is CCC(=O)N[C@]1(C)CC[C@]2(C)CC[C@]3(C)C4=CC=C5C(=CC(=O)C(O)=C5C)[C@]4(C)CC[C@@]3(C)[C@@H]2C1. The summed E-state index contributed by atoms with van der Waals surface area (Å²) in [6, 6.07) is 0. The zero-order valence-electron chi connectivity index (χ0n) is 22.7. The molecule has 0 aromatic rings. The minimum Gasteiger partial charge on any atom is -0.504 e. The second-order valence-corrected chi connectivity index (χ2v) is 13.5. The van der Waals surface area contributed by atoms with E-state index in [0.29, 0.717) is 23.3 Å². The fourth-order valence-corrected chi connectivity index (χ4v) is 9.00. The van der Waals surface area contributed by atoms with Gasteiger partial charge in [-0.2, -0.15) is 0 Å². The molecular weight excluding hydrogens is 434 g/mol. The lowest BCUT2D eigenvalue weighted by atomic mass is 9.35. The maximum absolute atomic E-state index is 12.7. The number of allylic oxidation sites excluding steroid dienone is 7. The van der Waals surface area contributed by atoms with Crippen LogP contribution in [0.5, 0.6) is 0 Å². The third kappa shape index (κ3) is 3.17. The zero-order chi connectivity index (χ0) is 25.6. The van der Waals surface area contributed by atoms with Gasteiger partial charge in [-0.05, 0) is 98.2 Å². The molecule has 4 nitrogen and oxygen atoms in total. The number of carbonyl (C=O) groups excluding carboxylic acids is 2. The number of aliphatic hydroxyl groups is 1. The van der Waals surface area contributed by atoms with Gasteiger partial charge in [0.2, 0.25) is 11.7 Å². The Bertz CT molecular complexity index is 1140. The minimum atomic E-state index is -0.262. The lowest BCUT2D eigenvalue weighted by Crippen LogP contribution is -2.64. The predicted octanol–water partition coefficient (Wildman–Crippen LogP) is 6.89. The van der Waals surface area contributed by atoms with Crippen LogP contribution in [0, 0.1) is 27.6 Å². The van der Waals surface area contributed by atoms with Gasteiger partial charge in [0, 0.05) is 22.9 Å². The van der Waals surface area contributed by atoms with Crippen molar-refractivity contribution in [3.05, 3.63) is 46.3 Å². The van der Waals surface area contributed by atoms with Crippen molar-refractivity contribution in [2.45, 2.75) is 105 Å². The number of amides is 1. The predicted molar refractivity (Wildman–Crippen MR) is 140 cm³/mol. The molecule has 190 valence electrons. The maximum Gasteiger partial charge on any atom is 0.220 e. The van der Waals surface area contributed by atoms with Crippen molar-refractivity contribution in [3.63, 3.8) is 0 Å². The topological polar surface area (TPSA) is 66.4 Å². The second-order valence-electron chi connectivity index (χ2n) is 13.5. The van der Waals surface area contributed by atoms with Gasteiger partial charge in [-0.15, -0.1) is 0 Å². The van der Waals surface area contributed by atoms with Gasteiger partial charge in [0.05, 0.1) is 0 Å². The summed E-state index contributed by atoms with van der Waals surface area (Å²) in [7, 11) is 0. The molecule has 6 atom stereocenters. The quantitative estimate of drug-likeness (QED) is 0.455. The van der Waals surface area contributed by atoms with E-state index in [-0.39, 0.29) is 39.2 Å². The molecule has 5 rings (SSSR count). The van der Waals surface area contributed by atoms with Crippen molar-refractivity contribution in [3.8, 4) is 0 Å². The zero-order valence-corrected chi connectivity index (χ0v) is 22.7. The Kier molecular flexibility index (Phi) is 5.24. The van der Waals surface area contributed by atoms with Crippen LogP contribution in [-0.2, 0) is 9.59 Å². The van der Waals surface area contributed by atoms with E-state index >= 15 is 0 Å². The smallest absolute Gasteiger partial charge is 0.220 e. The van der Waals surface area contributed by atoms with E-state index < -0.39 is 0 Å². The lowest BCUT2D eigenvalue weighted by Gasteiger charge is -2.70. The normalized spacial score (nSPS) is 44.7. The molecule has 1 amide bonds. The molecule has 0 saturated heterocycles. The number of hydrogen-bond acceptors (Lipinski definition) is 3. The minimum absolute atomic E-state index is 0.0141. The highest BCUT2D eigenvalue weighted by molar-refractivity contribution is 6.06. The first-order valence-electron chi connectivity index (χ1n) is 13.6. The number of aliphatic hydroxyl groups excluding tert-OH is 1. The second kappa shape index (κ2) is 7.46. The average molecular weight is 478 g/mol. The largest absolute Gasteiger partial charge is 0.504 e. The monoisotopic (exact) mass is 477 g/mol. The summed E-state index contributed by atoms with van der Waals surface area (Å²) in [5, 5.41) is 13.7. The summed E-state index contributed by atoms with van der Waals surface area (Å²) in [5.41, 5.74) is 4.35. The van der Waals surface area contributed by atoms with Gasteiger partial charge in [0.15, 0.2) is 5.76 Å². The van der Waals surface area contributed by atoms with E-state index in [9.17, 15) is 14.7 Å². The molecule has 3 saturated carbocycles. The van der Waals surface area contributed by atoms with E-state index in [1.807, 2.05) is 13.8 Å². The van der Waals surface area contributed by atoms with Crippen molar-refractivity contribution < 1.29 is 14.7 Å². The van der Waals surface area contributed by atoms with Gasteiger partial charge < -0.3 is 10.4 Å². The van der Waals surface area contributed by atoms with Gasteiger partial charge >= 0.3 is 0 Å². The van der Waals surface area contributed by atoms with Crippen LogP contribution in [0.15, 0.2) is 46.3 Å². The van der Waals surface area contributed by atoms with E-state index in [0.717, 1.165) is 49.7 Å². The first kappa shape index (κ1) is 24.6. The average Bonchev–Trinajstić information content (AvgIpc) is 2.81. The van der Waals surface area contributed by atoms with Crippen LogP contribution >= 0.6 is 0 Å². The molecule has 5 aliphatic carbocycles. The molecule has 4 heteroatoms. The summed E-state index contributed by atoms with van der Waals surface area (Å²) in [5.74, 6) is 0.301. The molecule has 0 aliphatic heterocycles. The van der Waals surface area contributed by atoms with E-state index in [1.54, 1.807) is 6.08 Å². The highest BCUT2D eigenvalue weighted by Gasteiger charge is 2.66. The van der Waals surface area contributed by atoms with E-state index in [4.69, 9.17) is 0 Å². The van der Waals surface area contributed by atoms with Gasteiger partial charge in [0.25, 0.3) is 0 Å². The van der Waals surface area contributed by atoms with Crippen LogP contribution in [0.3, 0.4) is 0 Å². The molecule has 0 radical (unpaired) electrons. The number of rotatable bonds is 2. The van der Waals surface area contributed by atoms with Crippen LogP contribution in [-0.4, -0.2) is 22.3 Å². The Labute approximate surface area is 211 Å². The molecule has 0 aromatic carbocycles. The summed E-state index contributed by atoms with van der Waals surface area (Å²) < 4.78 is 0. The summed E-state index contributed by atoms with van der Waals surface area (Å²) in [6.07, 6.45) is 14.4. The molecular formula is C31H43NO3. The molecule has 35 heavy (non-hydrogen) atoms. The van der Waals surface area contributed by atoms with Crippen molar-refractivity contribution in [1.82, 2.24) is 5.32 Å². The maximum atomic E-state index is 12.7. The number of nitrogens with one attached hydrogen (secondary N) is 1. The van der Waals surface area contributed by atoms with Crippen LogP contribution in [0.4, 0.5) is 0 Å². The fourth-order valence-electron chi connectivity index (χ4n) is 9.00. The Hall–Kier alpha value is -2.10. The number of hydrogen-bond donors (Lipinski definition) is 2. The first-order valence-corrected chi connectivity index (χ1v) is 13.6. The first-order chi connectivity index (χ1) is 16.2. The molecule has 0 unspecified atom stereocenters. The van der Waals surface area contributed by atoms with Gasteiger partial charge in [-0.25, -0.2) is 0 Å². The van der Waals surface area contributed by atoms with Gasteiger partial charge in [0.1, 0.15) is 0 Å². The van der Waals surface area contributed by atoms with Crippen molar-refractivity contribution in [1.29, 1.82) is 0 Å². The molecule has 0 bridgehead atoms. The highest BCUT2D eigenvalue weighted by atomic mass is 16.3. The van der Waals surface area contributed by atoms with Crippen molar-refractivity contribution >= 4 is 11.7 Å². The molecule has 2 N–H and O–H groups in total. The Morgan fingerprint density at radius 1 is 1.03 bits per heavy atom. The lowest BCUT2D eigenvalue weighted by molar-refractivity contribution is -0.156. The summed E-state index contributed by atoms with van der Waals surface area (Å²) in [6.45, 7) is 15.9. The summed E-state index contributed by atoms with van der Waals surface area (Å²) in [4.78, 5) is 25.1. The molecule has 0 spiro atoms. The molecule has 0 heterocycles. The number of ketones is 1. The fraction of sp³-hybridized carbons (Fsp3) is 0.677. The van der Waals surface area contributed by atoms with Crippen LogP contribution in [0.2, 0.25) is 0 Å². The highest BCUT2D eigenvalue weighted by Crippen LogP contribution is 2.75. The van der Waals surface area contributed by atoms with Gasteiger partial charge in [-0.1, -0.05) is 52.3 Å². The van der Waals surface area contributed by atoms with Crippen molar-refractivity contribution in [2.24, 2.45) is 27.6 Å². The Morgan fingerprint density at radius 3 is 2.40 bits per heavy atom. The third-order valence-electron chi connectivity index (χ3n) is 11.6. The molecule has 3 fully saturated rings. The van der Waals surface area contributed by atoms with E-state index in [1.165, 1.54) is 12.0 Å². The third-order valence-corrected chi connectivity index (χ3v) is 11.6. The van der Waals surface area contributed by atoms with E-state index in [2.05, 4.69) is 52.1 Å². The standard InChI is InChI=1S/C31H43NO3/c1-8-25(34)32-28(4)13-11-27(3)12-15-30(6)23-10-9-20-19(2)26(35)22(33)17-21(20)29(23,5)14-16-31(30,7)24(27)18-28/h9-10,17,24,35H,8,11-16,18H2,1-7H3,(H,32,34)/t24-,27-,28-,29+,30-,31+/m1/s1. The number of fused-ring (bicyclic) bond motifs is 7. The van der Waals surface area contributed by atoms with Crippen LogP contribution in [0.1, 0.15) is 99.8 Å². The summed E-state index contributed by atoms with van der Waals surface area (Å²) >= 11 is 0. The molecule has 0 aromatic heterocycles. The Morgan fingerprint density at radius 2 is 1.71 bits per heavy atom. The van der Waals surface area contributed by atoms with Crippen LogP contribution in [0.25, 0.3) is 0 Å².